The Bertz CT molecular complexity index is 629. The van der Waals surface area contributed by atoms with Gasteiger partial charge in [-0.25, -0.2) is 12.8 Å². The molecule has 0 aliphatic carbocycles. The SMILES string of the molecule is Nc1ccc(F)c(S(=O)(=O)N2CCC(N3CCCC3)C2)c1. The van der Waals surface area contributed by atoms with Crippen LogP contribution in [0.4, 0.5) is 10.1 Å². The van der Waals surface area contributed by atoms with Crippen LogP contribution in [0.1, 0.15) is 19.3 Å². The molecule has 2 N–H and O–H groups in total. The van der Waals surface area contributed by atoms with Crippen LogP contribution in [-0.4, -0.2) is 49.8 Å². The second-order valence-corrected chi connectivity index (χ2v) is 7.64. The molecule has 0 spiro atoms. The Labute approximate surface area is 124 Å². The minimum atomic E-state index is -3.80. The predicted molar refractivity (Wildman–Crippen MR) is 78.8 cm³/mol. The molecule has 2 aliphatic heterocycles. The normalized spacial score (nSPS) is 24.7. The highest BCUT2D eigenvalue weighted by Crippen LogP contribution is 2.27. The molecular formula is C14H20FN3O2S. The number of hydrogen-bond donors (Lipinski definition) is 1. The zero-order valence-electron chi connectivity index (χ0n) is 11.8. The van der Waals surface area contributed by atoms with Gasteiger partial charge >= 0.3 is 0 Å². The van der Waals surface area contributed by atoms with Crippen LogP contribution in [0.2, 0.25) is 0 Å². The smallest absolute Gasteiger partial charge is 0.246 e. The molecule has 5 nitrogen and oxygen atoms in total. The molecule has 3 rings (SSSR count). The van der Waals surface area contributed by atoms with Crippen LogP contribution in [-0.2, 0) is 10.0 Å². The van der Waals surface area contributed by atoms with Crippen molar-refractivity contribution in [2.75, 3.05) is 31.9 Å². The average molecular weight is 313 g/mol. The predicted octanol–water partition coefficient (Wildman–Crippen LogP) is 1.27. The molecule has 0 amide bonds. The molecule has 1 atom stereocenters. The quantitative estimate of drug-likeness (QED) is 0.853. The number of halogens is 1. The van der Waals surface area contributed by atoms with Gasteiger partial charge in [0, 0.05) is 24.8 Å². The lowest BCUT2D eigenvalue weighted by molar-refractivity contribution is 0.251. The number of sulfonamides is 1. The number of nitrogen functional groups attached to an aromatic ring is 1. The number of hydrogen-bond acceptors (Lipinski definition) is 4. The summed E-state index contributed by atoms with van der Waals surface area (Å²) in [4.78, 5) is 2.02. The summed E-state index contributed by atoms with van der Waals surface area (Å²) in [5.41, 5.74) is 5.85. The Kier molecular flexibility index (Phi) is 3.90. The Morgan fingerprint density at radius 1 is 1.19 bits per heavy atom. The van der Waals surface area contributed by atoms with Crippen LogP contribution >= 0.6 is 0 Å². The van der Waals surface area contributed by atoms with E-state index in [2.05, 4.69) is 4.90 Å². The molecule has 2 fully saturated rings. The largest absolute Gasteiger partial charge is 0.399 e. The summed E-state index contributed by atoms with van der Waals surface area (Å²) >= 11 is 0. The highest BCUT2D eigenvalue weighted by Gasteiger charge is 2.37. The highest BCUT2D eigenvalue weighted by molar-refractivity contribution is 7.89. The first kappa shape index (κ1) is 14.7. The summed E-state index contributed by atoms with van der Waals surface area (Å²) in [6, 6.07) is 3.93. The molecule has 0 radical (unpaired) electrons. The highest BCUT2D eigenvalue weighted by atomic mass is 32.2. The van der Waals surface area contributed by atoms with E-state index in [9.17, 15) is 12.8 Å². The van der Waals surface area contributed by atoms with E-state index in [-0.39, 0.29) is 16.6 Å². The Morgan fingerprint density at radius 2 is 1.90 bits per heavy atom. The third-order valence-corrected chi connectivity index (χ3v) is 6.24. The minimum absolute atomic E-state index is 0.255. The average Bonchev–Trinajstić information content (AvgIpc) is 3.11. The number of rotatable bonds is 3. The Hall–Kier alpha value is -1.18. The lowest BCUT2D eigenvalue weighted by Crippen LogP contribution is -2.37. The van der Waals surface area contributed by atoms with E-state index in [1.807, 2.05) is 0 Å². The van der Waals surface area contributed by atoms with E-state index >= 15 is 0 Å². The third-order valence-electron chi connectivity index (χ3n) is 4.36. The lowest BCUT2D eigenvalue weighted by Gasteiger charge is -2.23. The molecule has 1 aromatic carbocycles. The van der Waals surface area contributed by atoms with Crippen molar-refractivity contribution in [2.45, 2.75) is 30.2 Å². The maximum atomic E-state index is 13.8. The molecule has 2 saturated heterocycles. The molecule has 21 heavy (non-hydrogen) atoms. The van der Waals surface area contributed by atoms with Gasteiger partial charge in [0.15, 0.2) is 0 Å². The third kappa shape index (κ3) is 2.77. The van der Waals surface area contributed by atoms with E-state index in [4.69, 9.17) is 5.73 Å². The topological polar surface area (TPSA) is 66.6 Å². The fraction of sp³-hybridized carbons (Fsp3) is 0.571. The van der Waals surface area contributed by atoms with Crippen molar-refractivity contribution >= 4 is 15.7 Å². The first-order valence-corrected chi connectivity index (χ1v) is 8.72. The summed E-state index contributed by atoms with van der Waals surface area (Å²) in [6.07, 6.45) is 3.16. The summed E-state index contributed by atoms with van der Waals surface area (Å²) in [5, 5.41) is 0. The molecule has 1 unspecified atom stereocenters. The van der Waals surface area contributed by atoms with Gasteiger partial charge in [-0.15, -0.1) is 0 Å². The standard InChI is InChI=1S/C14H20FN3O2S/c15-13-4-3-11(16)9-14(13)21(19,20)18-8-5-12(10-18)17-6-1-2-7-17/h3-4,9,12H,1-2,5-8,10,16H2. The van der Waals surface area contributed by atoms with Gasteiger partial charge in [0.05, 0.1) is 0 Å². The zero-order chi connectivity index (χ0) is 15.0. The van der Waals surface area contributed by atoms with Crippen molar-refractivity contribution in [2.24, 2.45) is 0 Å². The van der Waals surface area contributed by atoms with Crippen LogP contribution < -0.4 is 5.73 Å². The first-order chi connectivity index (χ1) is 9.98. The maximum absolute atomic E-state index is 13.8. The summed E-state index contributed by atoms with van der Waals surface area (Å²) in [5.74, 6) is -0.742. The van der Waals surface area contributed by atoms with Gasteiger partial charge in [0.1, 0.15) is 10.7 Å². The molecule has 116 valence electrons. The first-order valence-electron chi connectivity index (χ1n) is 7.28. The summed E-state index contributed by atoms with van der Waals surface area (Å²) < 4.78 is 40.4. The van der Waals surface area contributed by atoms with E-state index in [0.717, 1.165) is 25.6 Å². The van der Waals surface area contributed by atoms with E-state index in [1.165, 1.54) is 29.3 Å². The molecule has 2 aliphatic rings. The number of nitrogens with two attached hydrogens (primary N) is 1. The van der Waals surface area contributed by atoms with E-state index in [1.54, 1.807) is 0 Å². The summed E-state index contributed by atoms with van der Waals surface area (Å²) in [7, 11) is -3.80. The van der Waals surface area contributed by atoms with E-state index < -0.39 is 15.8 Å². The van der Waals surface area contributed by atoms with Gasteiger partial charge in [-0.2, -0.15) is 4.31 Å². The van der Waals surface area contributed by atoms with Crippen molar-refractivity contribution in [1.82, 2.24) is 9.21 Å². The second-order valence-electron chi connectivity index (χ2n) is 5.74. The van der Waals surface area contributed by atoms with Gasteiger partial charge in [-0.3, -0.25) is 4.90 Å². The number of anilines is 1. The van der Waals surface area contributed by atoms with Gasteiger partial charge in [0.25, 0.3) is 0 Å². The number of nitrogens with zero attached hydrogens (tertiary/aromatic N) is 2. The Balaban J connectivity index is 1.81. The van der Waals surface area contributed by atoms with Gasteiger partial charge in [-0.1, -0.05) is 0 Å². The number of benzene rings is 1. The molecule has 2 heterocycles. The van der Waals surface area contributed by atoms with Gasteiger partial charge in [0.2, 0.25) is 10.0 Å². The molecule has 0 saturated carbocycles. The van der Waals surface area contributed by atoms with Crippen molar-refractivity contribution < 1.29 is 12.8 Å². The summed E-state index contributed by atoms with van der Waals surface area (Å²) in [6.45, 7) is 2.95. The Morgan fingerprint density at radius 3 is 2.62 bits per heavy atom. The van der Waals surface area contributed by atoms with Crippen LogP contribution in [0.25, 0.3) is 0 Å². The van der Waals surface area contributed by atoms with Crippen LogP contribution in [0.15, 0.2) is 23.1 Å². The van der Waals surface area contributed by atoms with Crippen LogP contribution in [0.5, 0.6) is 0 Å². The molecule has 1 aromatic rings. The molecule has 7 heteroatoms. The van der Waals surface area contributed by atoms with Crippen molar-refractivity contribution in [3.63, 3.8) is 0 Å². The lowest BCUT2D eigenvalue weighted by atomic mass is 10.2. The fourth-order valence-corrected chi connectivity index (χ4v) is 4.78. The minimum Gasteiger partial charge on any atom is -0.399 e. The molecule has 0 aromatic heterocycles. The maximum Gasteiger partial charge on any atom is 0.246 e. The van der Waals surface area contributed by atoms with Gasteiger partial charge in [-0.05, 0) is 50.6 Å². The molecular weight excluding hydrogens is 293 g/mol. The van der Waals surface area contributed by atoms with Crippen LogP contribution in [0, 0.1) is 5.82 Å². The van der Waals surface area contributed by atoms with E-state index in [0.29, 0.717) is 13.1 Å². The van der Waals surface area contributed by atoms with Crippen molar-refractivity contribution in [3.05, 3.63) is 24.0 Å². The molecule has 0 bridgehead atoms. The zero-order valence-corrected chi connectivity index (χ0v) is 12.7. The van der Waals surface area contributed by atoms with Crippen molar-refractivity contribution in [1.29, 1.82) is 0 Å². The van der Waals surface area contributed by atoms with Crippen LogP contribution in [0.3, 0.4) is 0 Å². The fourth-order valence-electron chi connectivity index (χ4n) is 3.19. The second kappa shape index (κ2) is 5.55. The number of likely N-dealkylation sites (tertiary alicyclic amines) is 1. The van der Waals surface area contributed by atoms with Gasteiger partial charge < -0.3 is 5.73 Å². The van der Waals surface area contributed by atoms with Crippen molar-refractivity contribution in [3.8, 4) is 0 Å². The monoisotopic (exact) mass is 313 g/mol.